The molecule has 0 N–H and O–H groups in total. The van der Waals surface area contributed by atoms with Gasteiger partial charge in [-0.1, -0.05) is 30.3 Å². The third-order valence-corrected chi connectivity index (χ3v) is 7.87. The van der Waals surface area contributed by atoms with E-state index in [9.17, 15) is 0 Å². The molecule has 4 aromatic heterocycles. The Morgan fingerprint density at radius 1 is 0.600 bits per heavy atom. The van der Waals surface area contributed by atoms with E-state index >= 15 is 0 Å². The second-order valence-electron chi connectivity index (χ2n) is 9.69. The first-order valence-corrected chi connectivity index (χ1v) is 12.0. The van der Waals surface area contributed by atoms with Crippen LogP contribution in [0.1, 0.15) is 22.3 Å². The van der Waals surface area contributed by atoms with Crippen LogP contribution < -0.4 is 0 Å². The molecule has 0 atom stereocenters. The molecule has 3 aromatic carbocycles. The van der Waals surface area contributed by atoms with E-state index in [4.69, 9.17) is 15.0 Å². The van der Waals surface area contributed by atoms with Crippen LogP contribution in [0.4, 0.5) is 0 Å². The molecule has 35 heavy (non-hydrogen) atoms. The number of nitrogens with zero attached hydrogens (tertiary/aromatic N) is 4. The molecule has 4 heterocycles. The van der Waals surface area contributed by atoms with Crippen molar-refractivity contribution in [3.8, 4) is 22.3 Å². The lowest BCUT2D eigenvalue weighted by molar-refractivity contribution is 1.22. The number of benzene rings is 3. The molecular formula is C31H18N4. The van der Waals surface area contributed by atoms with Crippen molar-refractivity contribution >= 4 is 38.6 Å². The minimum Gasteiger partial charge on any atom is -0.275 e. The van der Waals surface area contributed by atoms with Crippen LogP contribution in [0, 0.1) is 0 Å². The van der Waals surface area contributed by atoms with Gasteiger partial charge in [0.25, 0.3) is 0 Å². The van der Waals surface area contributed by atoms with Gasteiger partial charge in [0.1, 0.15) is 11.3 Å². The predicted octanol–water partition coefficient (Wildman–Crippen LogP) is 6.73. The van der Waals surface area contributed by atoms with Gasteiger partial charge in [0.15, 0.2) is 0 Å². The molecule has 4 nitrogen and oxygen atoms in total. The average Bonchev–Trinajstić information content (AvgIpc) is 3.58. The highest BCUT2D eigenvalue weighted by Crippen LogP contribution is 2.47. The van der Waals surface area contributed by atoms with Gasteiger partial charge in [-0.25, -0.2) is 9.97 Å². The van der Waals surface area contributed by atoms with Gasteiger partial charge in [-0.15, -0.1) is 0 Å². The molecule has 0 unspecified atom stereocenters. The molecule has 2 aliphatic rings. The van der Waals surface area contributed by atoms with Gasteiger partial charge in [-0.3, -0.25) is 9.38 Å². The quantitative estimate of drug-likeness (QED) is 0.243. The van der Waals surface area contributed by atoms with E-state index in [1.165, 1.54) is 44.5 Å². The van der Waals surface area contributed by atoms with Gasteiger partial charge < -0.3 is 0 Å². The fourth-order valence-electron chi connectivity index (χ4n) is 6.42. The van der Waals surface area contributed by atoms with Crippen LogP contribution in [0.2, 0.25) is 0 Å². The Morgan fingerprint density at radius 3 is 2.31 bits per heavy atom. The number of imidazole rings is 1. The maximum absolute atomic E-state index is 5.13. The van der Waals surface area contributed by atoms with Gasteiger partial charge in [0, 0.05) is 28.7 Å². The van der Waals surface area contributed by atoms with Crippen molar-refractivity contribution in [2.45, 2.75) is 12.8 Å². The van der Waals surface area contributed by atoms with Crippen LogP contribution in [0.3, 0.4) is 0 Å². The summed E-state index contributed by atoms with van der Waals surface area (Å²) < 4.78 is 2.27. The van der Waals surface area contributed by atoms with Crippen molar-refractivity contribution < 1.29 is 0 Å². The first-order chi connectivity index (χ1) is 17.3. The zero-order chi connectivity index (χ0) is 22.7. The van der Waals surface area contributed by atoms with E-state index in [2.05, 4.69) is 65.1 Å². The van der Waals surface area contributed by atoms with E-state index in [1.807, 2.05) is 24.5 Å². The maximum atomic E-state index is 5.13. The molecule has 0 bridgehead atoms. The van der Waals surface area contributed by atoms with E-state index in [-0.39, 0.29) is 0 Å². The van der Waals surface area contributed by atoms with Crippen LogP contribution >= 0.6 is 0 Å². The van der Waals surface area contributed by atoms with Crippen LogP contribution in [-0.2, 0) is 12.8 Å². The maximum Gasteiger partial charge on any atom is 0.149 e. The summed E-state index contributed by atoms with van der Waals surface area (Å²) in [5, 5.41) is 2.11. The van der Waals surface area contributed by atoms with E-state index in [1.54, 1.807) is 0 Å². The van der Waals surface area contributed by atoms with Gasteiger partial charge in [0.05, 0.1) is 16.6 Å². The Kier molecular flexibility index (Phi) is 3.11. The summed E-state index contributed by atoms with van der Waals surface area (Å²) in [6.07, 6.45) is 5.66. The van der Waals surface area contributed by atoms with E-state index in [0.29, 0.717) is 0 Å². The third kappa shape index (κ3) is 2.15. The van der Waals surface area contributed by atoms with Crippen molar-refractivity contribution in [1.82, 2.24) is 19.4 Å². The van der Waals surface area contributed by atoms with Crippen LogP contribution in [0.25, 0.3) is 60.9 Å². The fraction of sp³-hybridized carbons (Fsp3) is 0.0645. The summed E-state index contributed by atoms with van der Waals surface area (Å²) in [6.45, 7) is 0. The molecule has 0 spiro atoms. The fourth-order valence-corrected chi connectivity index (χ4v) is 6.42. The second kappa shape index (κ2) is 6.10. The number of rotatable bonds is 0. The molecule has 0 radical (unpaired) electrons. The normalized spacial score (nSPS) is 13.5. The highest BCUT2D eigenvalue weighted by Gasteiger charge is 2.28. The summed E-state index contributed by atoms with van der Waals surface area (Å²) in [4.78, 5) is 14.7. The largest absolute Gasteiger partial charge is 0.275 e. The zero-order valence-electron chi connectivity index (χ0n) is 18.8. The number of fused-ring (bicyclic) bond motifs is 15. The Morgan fingerprint density at radius 2 is 1.37 bits per heavy atom. The summed E-state index contributed by atoms with van der Waals surface area (Å²) in [5.74, 6) is 0. The second-order valence-corrected chi connectivity index (χ2v) is 9.69. The highest BCUT2D eigenvalue weighted by molar-refractivity contribution is 6.13. The zero-order valence-corrected chi connectivity index (χ0v) is 18.8. The van der Waals surface area contributed by atoms with Gasteiger partial charge in [0.2, 0.25) is 0 Å². The van der Waals surface area contributed by atoms with Crippen molar-refractivity contribution in [2.24, 2.45) is 0 Å². The topological polar surface area (TPSA) is 43.1 Å². The van der Waals surface area contributed by atoms with Gasteiger partial charge >= 0.3 is 0 Å². The van der Waals surface area contributed by atoms with Crippen LogP contribution in [0.5, 0.6) is 0 Å². The van der Waals surface area contributed by atoms with Crippen molar-refractivity contribution in [1.29, 1.82) is 0 Å². The minimum atomic E-state index is 0.909. The summed E-state index contributed by atoms with van der Waals surface area (Å²) >= 11 is 0. The molecule has 0 aliphatic heterocycles. The van der Waals surface area contributed by atoms with Crippen molar-refractivity contribution in [3.05, 3.63) is 107 Å². The van der Waals surface area contributed by atoms with Crippen molar-refractivity contribution in [2.75, 3.05) is 0 Å². The number of aromatic nitrogens is 4. The molecule has 4 heteroatoms. The lowest BCUT2D eigenvalue weighted by atomic mass is 9.97. The SMILES string of the molecule is c1ccc2c(c1)Cc1cc3c(cc1-2)Cc1ccc2nc4c5cccnc5c5cccnc5n4c2c1-3. The summed E-state index contributed by atoms with van der Waals surface area (Å²) in [6, 6.07) is 26.3. The standard InChI is InChI=1S/C31H18N4/c1-2-6-21-17(5-1)13-19-16-25-20(15-24(19)21)14-18-9-10-26-29(27(18)25)35-30-22(7-4-12-33-30)28-23(31(35)34-26)8-3-11-32-28/h1-12,15-16H,13-14H2. The number of hydrogen-bond donors (Lipinski definition) is 0. The molecule has 0 fully saturated rings. The number of hydrogen-bond acceptors (Lipinski definition) is 3. The lowest BCUT2D eigenvalue weighted by Gasteiger charge is -2.10. The Labute approximate surface area is 200 Å². The molecule has 162 valence electrons. The molecular weight excluding hydrogens is 428 g/mol. The predicted molar refractivity (Wildman–Crippen MR) is 140 cm³/mol. The van der Waals surface area contributed by atoms with E-state index in [0.717, 1.165) is 51.5 Å². The van der Waals surface area contributed by atoms with Gasteiger partial charge in [-0.2, -0.15) is 0 Å². The molecule has 0 saturated heterocycles. The van der Waals surface area contributed by atoms with Crippen LogP contribution in [0.15, 0.2) is 85.2 Å². The Hall–Kier alpha value is -4.57. The van der Waals surface area contributed by atoms with Gasteiger partial charge in [-0.05, 0) is 94.3 Å². The first-order valence-electron chi connectivity index (χ1n) is 12.0. The van der Waals surface area contributed by atoms with Crippen molar-refractivity contribution in [3.63, 3.8) is 0 Å². The average molecular weight is 447 g/mol. The highest BCUT2D eigenvalue weighted by atomic mass is 15.1. The molecule has 0 saturated carbocycles. The monoisotopic (exact) mass is 446 g/mol. The Balaban J connectivity index is 1.43. The van der Waals surface area contributed by atoms with Crippen LogP contribution in [-0.4, -0.2) is 19.4 Å². The minimum absolute atomic E-state index is 0.909. The molecule has 7 aromatic rings. The lowest BCUT2D eigenvalue weighted by Crippen LogP contribution is -1.96. The third-order valence-electron chi connectivity index (χ3n) is 7.87. The molecule has 0 amide bonds. The molecule has 9 rings (SSSR count). The Bertz CT molecular complexity index is 2070. The van der Waals surface area contributed by atoms with E-state index < -0.39 is 0 Å². The first kappa shape index (κ1) is 17.8. The molecule has 2 aliphatic carbocycles. The summed E-state index contributed by atoms with van der Waals surface area (Å²) in [7, 11) is 0. The number of pyridine rings is 3. The smallest absolute Gasteiger partial charge is 0.149 e. The summed E-state index contributed by atoms with van der Waals surface area (Å²) in [5.41, 5.74) is 16.0.